The number of nitrogens with two attached hydrogens (primary N) is 1. The van der Waals surface area contributed by atoms with Crippen molar-refractivity contribution in [2.24, 2.45) is 5.92 Å². The van der Waals surface area contributed by atoms with Gasteiger partial charge in [-0.2, -0.15) is 0 Å². The Balaban J connectivity index is 1.98. The Hall–Kier alpha value is -3.90. The van der Waals surface area contributed by atoms with Gasteiger partial charge >= 0.3 is 5.69 Å². The molecule has 1 heterocycles. The first-order valence-electron chi connectivity index (χ1n) is 12.0. The molecule has 1 aromatic heterocycles. The molecule has 38 heavy (non-hydrogen) atoms. The predicted octanol–water partition coefficient (Wildman–Crippen LogP) is 2.20. The Labute approximate surface area is 221 Å². The first-order chi connectivity index (χ1) is 17.9. The van der Waals surface area contributed by atoms with Crippen molar-refractivity contribution < 1.29 is 17.9 Å². The molecule has 3 N–H and O–H groups in total. The van der Waals surface area contributed by atoms with Crippen molar-refractivity contribution in [2.75, 3.05) is 42.2 Å². The van der Waals surface area contributed by atoms with E-state index in [-0.39, 0.29) is 47.6 Å². The Morgan fingerprint density at radius 2 is 1.68 bits per heavy atom. The number of rotatable bonds is 10. The lowest BCUT2D eigenvalue weighted by Gasteiger charge is -2.25. The minimum absolute atomic E-state index is 0.00798. The van der Waals surface area contributed by atoms with Gasteiger partial charge in [-0.05, 0) is 49.2 Å². The lowest BCUT2D eigenvalue weighted by atomic mass is 10.1. The summed E-state index contributed by atoms with van der Waals surface area (Å²) in [5, 5.41) is 0. The third kappa shape index (κ3) is 5.97. The highest BCUT2D eigenvalue weighted by Gasteiger charge is 2.26. The molecule has 0 fully saturated rings. The Bertz CT molecular complexity index is 1510. The summed E-state index contributed by atoms with van der Waals surface area (Å²) >= 11 is 0. The van der Waals surface area contributed by atoms with Gasteiger partial charge in [0.2, 0.25) is 0 Å². The second-order valence-corrected chi connectivity index (χ2v) is 11.2. The number of benzene rings is 2. The molecule has 0 bridgehead atoms. The number of aromatic amines is 1. The second-order valence-electron chi connectivity index (χ2n) is 9.28. The molecule has 3 aromatic rings. The minimum Gasteiger partial charge on any atom is -0.383 e. The van der Waals surface area contributed by atoms with E-state index in [9.17, 15) is 22.8 Å². The summed E-state index contributed by atoms with van der Waals surface area (Å²) in [5.74, 6) is -0.639. The van der Waals surface area contributed by atoms with Crippen molar-refractivity contribution in [3.05, 3.63) is 80.5 Å². The summed E-state index contributed by atoms with van der Waals surface area (Å²) in [6, 6.07) is 12.4. The standard InChI is InChI=1S/C26H33N5O6S/c1-17(2)16-31-23(27)22(24(32)28-26(31)34)30(14-15-37-5)25(33)19-8-10-20(11-9-19)29(4)38(35,36)21-12-6-18(3)7-13-21/h6-13,17H,14-16,27H2,1-5H3,(H,28,32,34). The largest absolute Gasteiger partial charge is 0.383 e. The number of aryl methyl sites for hydroxylation is 1. The maximum atomic E-state index is 13.5. The lowest BCUT2D eigenvalue weighted by molar-refractivity contribution is 0.0975. The first-order valence-corrected chi connectivity index (χ1v) is 13.4. The molecule has 1 amide bonds. The van der Waals surface area contributed by atoms with Crippen LogP contribution in [0.15, 0.2) is 63.0 Å². The van der Waals surface area contributed by atoms with Gasteiger partial charge in [-0.15, -0.1) is 0 Å². The molecule has 0 aliphatic rings. The molecule has 3 rings (SSSR count). The molecule has 0 radical (unpaired) electrons. The van der Waals surface area contributed by atoms with Gasteiger partial charge in [0.1, 0.15) is 5.82 Å². The number of ether oxygens (including phenoxy) is 1. The van der Waals surface area contributed by atoms with Crippen molar-refractivity contribution >= 4 is 33.1 Å². The molecule has 0 aliphatic carbocycles. The van der Waals surface area contributed by atoms with Crippen LogP contribution in [0.5, 0.6) is 0 Å². The van der Waals surface area contributed by atoms with Crippen LogP contribution in [0.3, 0.4) is 0 Å². The highest BCUT2D eigenvalue weighted by atomic mass is 32.2. The zero-order valence-electron chi connectivity index (χ0n) is 22.1. The number of hydrogen-bond donors (Lipinski definition) is 2. The molecule has 0 aliphatic heterocycles. The van der Waals surface area contributed by atoms with E-state index < -0.39 is 27.2 Å². The van der Waals surface area contributed by atoms with Crippen LogP contribution < -0.4 is 26.2 Å². The number of nitrogen functional groups attached to an aromatic ring is 1. The molecule has 0 saturated heterocycles. The van der Waals surface area contributed by atoms with E-state index in [1.807, 2.05) is 20.8 Å². The average molecular weight is 544 g/mol. The molecule has 0 atom stereocenters. The molecular formula is C26H33N5O6S. The van der Waals surface area contributed by atoms with Gasteiger partial charge in [0, 0.05) is 32.8 Å². The smallest absolute Gasteiger partial charge is 0.330 e. The second kappa shape index (κ2) is 11.7. The van der Waals surface area contributed by atoms with E-state index in [0.29, 0.717) is 5.69 Å². The zero-order valence-corrected chi connectivity index (χ0v) is 22.9. The maximum Gasteiger partial charge on any atom is 0.330 e. The first kappa shape index (κ1) is 28.7. The summed E-state index contributed by atoms with van der Waals surface area (Å²) in [5.41, 5.74) is 6.09. The van der Waals surface area contributed by atoms with Crippen molar-refractivity contribution in [2.45, 2.75) is 32.2 Å². The van der Waals surface area contributed by atoms with Gasteiger partial charge in [0.05, 0.1) is 17.2 Å². The highest BCUT2D eigenvalue weighted by Crippen LogP contribution is 2.25. The monoisotopic (exact) mass is 543 g/mol. The van der Waals surface area contributed by atoms with Crippen LogP contribution in [-0.2, 0) is 21.3 Å². The van der Waals surface area contributed by atoms with Crippen LogP contribution in [0.1, 0.15) is 29.8 Å². The summed E-state index contributed by atoms with van der Waals surface area (Å²) in [6.07, 6.45) is 0. The van der Waals surface area contributed by atoms with Crippen LogP contribution >= 0.6 is 0 Å². The van der Waals surface area contributed by atoms with Crippen LogP contribution in [0.2, 0.25) is 0 Å². The molecule has 11 nitrogen and oxygen atoms in total. The molecule has 0 spiro atoms. The van der Waals surface area contributed by atoms with E-state index in [1.165, 1.54) is 55.1 Å². The molecular weight excluding hydrogens is 510 g/mol. The van der Waals surface area contributed by atoms with Crippen molar-refractivity contribution in [1.29, 1.82) is 0 Å². The SMILES string of the molecule is COCCN(C(=O)c1ccc(N(C)S(=O)(=O)c2ccc(C)cc2)cc1)c1c(N)n(CC(C)C)c(=O)[nH]c1=O. The molecule has 0 saturated carbocycles. The third-order valence-electron chi connectivity index (χ3n) is 5.95. The third-order valence-corrected chi connectivity index (χ3v) is 7.75. The molecule has 2 aromatic carbocycles. The van der Waals surface area contributed by atoms with E-state index in [2.05, 4.69) is 4.98 Å². The van der Waals surface area contributed by atoms with Gasteiger partial charge in [-0.25, -0.2) is 13.2 Å². The number of carbonyl (C=O) groups is 1. The summed E-state index contributed by atoms with van der Waals surface area (Å²) in [6.45, 7) is 5.99. The average Bonchev–Trinajstić information content (AvgIpc) is 2.87. The van der Waals surface area contributed by atoms with E-state index >= 15 is 0 Å². The number of nitrogens with one attached hydrogen (secondary N) is 1. The minimum atomic E-state index is -3.82. The molecule has 204 valence electrons. The van der Waals surface area contributed by atoms with Gasteiger partial charge < -0.3 is 10.5 Å². The van der Waals surface area contributed by atoms with Crippen LogP contribution in [0, 0.1) is 12.8 Å². The number of H-pyrrole nitrogens is 1. The van der Waals surface area contributed by atoms with Gasteiger partial charge in [0.25, 0.3) is 21.5 Å². The van der Waals surface area contributed by atoms with E-state index in [0.717, 1.165) is 14.8 Å². The van der Waals surface area contributed by atoms with Crippen molar-refractivity contribution in [3.8, 4) is 0 Å². The summed E-state index contributed by atoms with van der Waals surface area (Å²) in [7, 11) is -0.937. The van der Waals surface area contributed by atoms with Crippen LogP contribution in [0.25, 0.3) is 0 Å². The number of methoxy groups -OCH3 is 1. The zero-order chi connectivity index (χ0) is 28.2. The maximum absolute atomic E-state index is 13.5. The van der Waals surface area contributed by atoms with Crippen LogP contribution in [-0.4, -0.2) is 51.2 Å². The predicted molar refractivity (Wildman–Crippen MR) is 147 cm³/mol. The van der Waals surface area contributed by atoms with Crippen molar-refractivity contribution in [1.82, 2.24) is 9.55 Å². The highest BCUT2D eigenvalue weighted by molar-refractivity contribution is 7.92. The fourth-order valence-electron chi connectivity index (χ4n) is 3.86. The number of nitrogens with zero attached hydrogens (tertiary/aromatic N) is 3. The molecule has 0 unspecified atom stereocenters. The normalized spacial score (nSPS) is 11.5. The number of hydrogen-bond acceptors (Lipinski definition) is 7. The number of anilines is 3. The van der Waals surface area contributed by atoms with E-state index in [4.69, 9.17) is 10.5 Å². The number of aromatic nitrogens is 2. The Morgan fingerprint density at radius 1 is 1.08 bits per heavy atom. The lowest BCUT2D eigenvalue weighted by Crippen LogP contribution is -2.42. The topological polar surface area (TPSA) is 148 Å². The summed E-state index contributed by atoms with van der Waals surface area (Å²) < 4.78 is 33.6. The quantitative estimate of drug-likeness (QED) is 0.398. The molecule has 12 heteroatoms. The number of sulfonamides is 1. The van der Waals surface area contributed by atoms with Gasteiger partial charge in [-0.1, -0.05) is 31.5 Å². The summed E-state index contributed by atoms with van der Waals surface area (Å²) in [4.78, 5) is 42.3. The van der Waals surface area contributed by atoms with Crippen molar-refractivity contribution in [3.63, 3.8) is 0 Å². The fourth-order valence-corrected chi connectivity index (χ4v) is 5.05. The Kier molecular flexibility index (Phi) is 8.79. The van der Waals surface area contributed by atoms with Gasteiger partial charge in [-0.3, -0.25) is 28.3 Å². The Morgan fingerprint density at radius 3 is 2.24 bits per heavy atom. The van der Waals surface area contributed by atoms with E-state index in [1.54, 1.807) is 12.1 Å². The van der Waals surface area contributed by atoms with Crippen LogP contribution in [0.4, 0.5) is 17.2 Å². The fraction of sp³-hybridized carbons (Fsp3) is 0.346. The van der Waals surface area contributed by atoms with Gasteiger partial charge in [0.15, 0.2) is 5.69 Å². The number of amides is 1. The number of carbonyl (C=O) groups excluding carboxylic acids is 1.